The highest BCUT2D eigenvalue weighted by atomic mass is 79.9. The second-order valence-electron chi connectivity index (χ2n) is 3.64. The smallest absolute Gasteiger partial charge is 0.183 e. The third kappa shape index (κ3) is 3.30. The van der Waals surface area contributed by atoms with Gasteiger partial charge in [0.15, 0.2) is 4.67 Å². The zero-order chi connectivity index (χ0) is 12.2. The summed E-state index contributed by atoms with van der Waals surface area (Å²) in [4.78, 5) is 0. The first-order valence-corrected chi connectivity index (χ1v) is 6.56. The Bertz CT molecular complexity index is 309. The first kappa shape index (κ1) is 14.2. The maximum Gasteiger partial charge on any atom is 0.183 e. The summed E-state index contributed by atoms with van der Waals surface area (Å²) in [5, 5.41) is 21.6. The Morgan fingerprint density at radius 2 is 2.00 bits per heavy atom. The van der Waals surface area contributed by atoms with E-state index < -0.39 is 5.54 Å². The summed E-state index contributed by atoms with van der Waals surface area (Å²) in [6, 6.07) is 1.84. The predicted molar refractivity (Wildman–Crippen MR) is 68.1 cm³/mol. The van der Waals surface area contributed by atoms with Crippen molar-refractivity contribution in [2.24, 2.45) is 0 Å². The number of hydrogen-bond donors (Lipinski definition) is 3. The predicted octanol–water partition coefficient (Wildman–Crippen LogP) is 2.03. The van der Waals surface area contributed by atoms with Crippen LogP contribution in [0, 0.1) is 0 Å². The molecule has 0 radical (unpaired) electrons. The number of aliphatic hydroxyl groups excluding tert-OH is 2. The van der Waals surface area contributed by atoms with Gasteiger partial charge in [0.25, 0.3) is 0 Å². The van der Waals surface area contributed by atoms with E-state index in [1.54, 1.807) is 0 Å². The molecule has 0 bridgehead atoms. The van der Waals surface area contributed by atoms with Crippen LogP contribution in [0.5, 0.6) is 0 Å². The van der Waals surface area contributed by atoms with Gasteiger partial charge in [-0.25, -0.2) is 0 Å². The molecule has 0 spiro atoms. The van der Waals surface area contributed by atoms with E-state index in [1.165, 1.54) is 0 Å². The summed E-state index contributed by atoms with van der Waals surface area (Å²) in [5.74, 6) is 0.735. The minimum Gasteiger partial charge on any atom is -0.452 e. The molecule has 16 heavy (non-hydrogen) atoms. The Morgan fingerprint density at radius 3 is 2.38 bits per heavy atom. The summed E-state index contributed by atoms with van der Waals surface area (Å²) >= 11 is 6.57. The third-order valence-corrected chi connectivity index (χ3v) is 4.33. The van der Waals surface area contributed by atoms with Crippen molar-refractivity contribution in [3.63, 3.8) is 0 Å². The Kier molecular flexibility index (Phi) is 5.46. The molecule has 0 aliphatic rings. The SMILES string of the molecule is CCC(CO)(CO)NCc1cc(Br)c(Br)o1. The maximum absolute atomic E-state index is 9.24. The normalized spacial score (nSPS) is 12.1. The van der Waals surface area contributed by atoms with Crippen LogP contribution in [0.1, 0.15) is 19.1 Å². The van der Waals surface area contributed by atoms with Crippen molar-refractivity contribution < 1.29 is 14.6 Å². The van der Waals surface area contributed by atoms with Crippen LogP contribution in [0.15, 0.2) is 19.6 Å². The van der Waals surface area contributed by atoms with E-state index in [-0.39, 0.29) is 13.2 Å². The van der Waals surface area contributed by atoms with E-state index in [9.17, 15) is 10.2 Å². The summed E-state index contributed by atoms with van der Waals surface area (Å²) in [6.07, 6.45) is 0.642. The van der Waals surface area contributed by atoms with E-state index >= 15 is 0 Å². The second kappa shape index (κ2) is 6.16. The largest absolute Gasteiger partial charge is 0.452 e. The molecule has 1 aromatic heterocycles. The van der Waals surface area contributed by atoms with E-state index in [2.05, 4.69) is 37.2 Å². The van der Waals surface area contributed by atoms with E-state index in [4.69, 9.17) is 4.42 Å². The van der Waals surface area contributed by atoms with Gasteiger partial charge in [-0.15, -0.1) is 0 Å². The molecule has 4 nitrogen and oxygen atoms in total. The van der Waals surface area contributed by atoms with Gasteiger partial charge in [-0.2, -0.15) is 0 Å². The first-order chi connectivity index (χ1) is 7.56. The van der Waals surface area contributed by atoms with Crippen molar-refractivity contribution in [3.05, 3.63) is 21.0 Å². The molecule has 1 rings (SSSR count). The first-order valence-electron chi connectivity index (χ1n) is 4.97. The zero-order valence-corrected chi connectivity index (χ0v) is 12.1. The van der Waals surface area contributed by atoms with Crippen LogP contribution in [0.3, 0.4) is 0 Å². The van der Waals surface area contributed by atoms with Crippen LogP contribution < -0.4 is 5.32 Å². The number of rotatable bonds is 6. The molecular weight excluding hydrogens is 342 g/mol. The maximum atomic E-state index is 9.24. The van der Waals surface area contributed by atoms with Crippen LogP contribution in [-0.2, 0) is 6.54 Å². The highest BCUT2D eigenvalue weighted by Gasteiger charge is 2.26. The van der Waals surface area contributed by atoms with Crippen LogP contribution in [0.2, 0.25) is 0 Å². The number of halogens is 2. The summed E-state index contributed by atoms with van der Waals surface area (Å²) in [6.45, 7) is 2.15. The molecular formula is C10H15Br2NO3. The number of nitrogens with one attached hydrogen (secondary N) is 1. The molecule has 0 saturated carbocycles. The Labute approximate surface area is 111 Å². The zero-order valence-electron chi connectivity index (χ0n) is 8.96. The molecule has 0 amide bonds. The van der Waals surface area contributed by atoms with Gasteiger partial charge in [0.1, 0.15) is 5.76 Å². The minimum absolute atomic E-state index is 0.108. The fourth-order valence-electron chi connectivity index (χ4n) is 1.26. The van der Waals surface area contributed by atoms with E-state index in [0.29, 0.717) is 17.6 Å². The Balaban J connectivity index is 2.62. The average Bonchev–Trinajstić information content (AvgIpc) is 2.61. The van der Waals surface area contributed by atoms with Crippen molar-refractivity contribution in [3.8, 4) is 0 Å². The quantitative estimate of drug-likeness (QED) is 0.729. The van der Waals surface area contributed by atoms with E-state index in [0.717, 1.165) is 10.2 Å². The molecule has 0 aliphatic heterocycles. The molecule has 0 unspecified atom stereocenters. The van der Waals surface area contributed by atoms with Gasteiger partial charge in [-0.05, 0) is 44.3 Å². The van der Waals surface area contributed by atoms with Gasteiger partial charge in [-0.1, -0.05) is 6.92 Å². The van der Waals surface area contributed by atoms with Crippen molar-refractivity contribution in [2.75, 3.05) is 13.2 Å². The minimum atomic E-state index is -0.647. The molecule has 0 saturated heterocycles. The standard InChI is InChI=1S/C10H15Br2NO3/c1-2-10(5-14,6-15)13-4-7-3-8(11)9(12)16-7/h3,13-15H,2,4-6H2,1H3. The molecule has 92 valence electrons. The monoisotopic (exact) mass is 355 g/mol. The summed E-state index contributed by atoms with van der Waals surface area (Å²) in [7, 11) is 0. The van der Waals surface area contributed by atoms with Gasteiger partial charge >= 0.3 is 0 Å². The lowest BCUT2D eigenvalue weighted by Crippen LogP contribution is -2.50. The lowest BCUT2D eigenvalue weighted by Gasteiger charge is -2.29. The summed E-state index contributed by atoms with van der Waals surface area (Å²) in [5.41, 5.74) is -0.647. The Hall–Kier alpha value is 0.120. The number of hydrogen-bond acceptors (Lipinski definition) is 4. The third-order valence-electron chi connectivity index (χ3n) is 2.62. The number of furan rings is 1. The highest BCUT2D eigenvalue weighted by Crippen LogP contribution is 2.27. The fourth-order valence-corrected chi connectivity index (χ4v) is 1.92. The topological polar surface area (TPSA) is 65.6 Å². The molecule has 6 heteroatoms. The van der Waals surface area contributed by atoms with Crippen molar-refractivity contribution in [1.82, 2.24) is 5.32 Å². The van der Waals surface area contributed by atoms with Crippen molar-refractivity contribution in [1.29, 1.82) is 0 Å². The lowest BCUT2D eigenvalue weighted by atomic mass is 9.98. The van der Waals surface area contributed by atoms with E-state index in [1.807, 2.05) is 13.0 Å². The lowest BCUT2D eigenvalue weighted by molar-refractivity contribution is 0.0847. The van der Waals surface area contributed by atoms with Crippen LogP contribution in [0.4, 0.5) is 0 Å². The molecule has 0 aromatic carbocycles. The molecule has 0 atom stereocenters. The summed E-state index contributed by atoms with van der Waals surface area (Å²) < 4.78 is 6.87. The van der Waals surface area contributed by atoms with Crippen LogP contribution in [-0.4, -0.2) is 29.0 Å². The van der Waals surface area contributed by atoms with Gasteiger partial charge < -0.3 is 19.9 Å². The van der Waals surface area contributed by atoms with Crippen molar-refractivity contribution in [2.45, 2.75) is 25.4 Å². The van der Waals surface area contributed by atoms with Gasteiger partial charge in [0, 0.05) is 0 Å². The second-order valence-corrected chi connectivity index (χ2v) is 5.21. The number of aliphatic hydroxyl groups is 2. The molecule has 3 N–H and O–H groups in total. The van der Waals surface area contributed by atoms with Gasteiger partial charge in [0.2, 0.25) is 0 Å². The molecule has 0 aliphatic carbocycles. The molecule has 0 fully saturated rings. The highest BCUT2D eigenvalue weighted by molar-refractivity contribution is 9.13. The van der Waals surface area contributed by atoms with Crippen LogP contribution >= 0.6 is 31.9 Å². The van der Waals surface area contributed by atoms with Crippen molar-refractivity contribution >= 4 is 31.9 Å². The van der Waals surface area contributed by atoms with Gasteiger partial charge in [-0.3, -0.25) is 0 Å². The average molecular weight is 357 g/mol. The fraction of sp³-hybridized carbons (Fsp3) is 0.600. The molecule has 1 aromatic rings. The van der Waals surface area contributed by atoms with Gasteiger partial charge in [0.05, 0.1) is 29.8 Å². The van der Waals surface area contributed by atoms with Crippen LogP contribution in [0.25, 0.3) is 0 Å². The molecule has 1 heterocycles. The Morgan fingerprint density at radius 1 is 1.38 bits per heavy atom.